The van der Waals surface area contributed by atoms with Crippen LogP contribution < -0.4 is 0 Å². The molecule has 0 N–H and O–H groups in total. The lowest BCUT2D eigenvalue weighted by atomic mass is 9.89. The van der Waals surface area contributed by atoms with E-state index in [0.717, 1.165) is 19.3 Å². The summed E-state index contributed by atoms with van der Waals surface area (Å²) in [5.74, 6) is 0.976. The number of likely N-dealkylation sites (tertiary alicyclic amines) is 1. The normalized spacial score (nSPS) is 19.8. The second-order valence-electron chi connectivity index (χ2n) is 6.12. The molecule has 1 aliphatic rings. The topological polar surface area (TPSA) is 37.4 Å². The number of carbonyl (C=O) groups excluding carboxylic acids is 2. The molecule has 1 rings (SSSR count). The number of nitrogens with zero attached hydrogens (tertiary/aromatic N) is 1. The van der Waals surface area contributed by atoms with Crippen LogP contribution in [0.4, 0.5) is 0 Å². The van der Waals surface area contributed by atoms with E-state index in [-0.39, 0.29) is 17.2 Å². The maximum Gasteiger partial charge on any atom is 0.223 e. The van der Waals surface area contributed by atoms with Gasteiger partial charge in [-0.2, -0.15) is 0 Å². The summed E-state index contributed by atoms with van der Waals surface area (Å²) in [4.78, 5) is 25.3. The number of carbonyl (C=O) groups is 2. The number of amides is 1. The molecule has 0 aromatic carbocycles. The molecule has 0 spiro atoms. The van der Waals surface area contributed by atoms with Crippen LogP contribution in [-0.4, -0.2) is 28.7 Å². The van der Waals surface area contributed by atoms with Gasteiger partial charge in [0, 0.05) is 18.4 Å². The van der Waals surface area contributed by atoms with Crippen molar-refractivity contribution in [3.8, 4) is 0 Å². The van der Waals surface area contributed by atoms with Gasteiger partial charge in [0.15, 0.2) is 5.78 Å². The van der Waals surface area contributed by atoms with Gasteiger partial charge in [-0.15, -0.1) is 0 Å². The van der Waals surface area contributed by atoms with E-state index in [4.69, 9.17) is 0 Å². The molecular formula is C14H25NO2. The van der Waals surface area contributed by atoms with Gasteiger partial charge in [0.25, 0.3) is 0 Å². The van der Waals surface area contributed by atoms with Gasteiger partial charge >= 0.3 is 0 Å². The van der Waals surface area contributed by atoms with Crippen molar-refractivity contribution in [2.24, 2.45) is 5.92 Å². The molecule has 0 saturated carbocycles. The lowest BCUT2D eigenvalue weighted by Crippen LogP contribution is -2.53. The van der Waals surface area contributed by atoms with Crippen LogP contribution >= 0.6 is 0 Å². The third-order valence-corrected chi connectivity index (χ3v) is 3.55. The van der Waals surface area contributed by atoms with Crippen LogP contribution in [0.5, 0.6) is 0 Å². The monoisotopic (exact) mass is 239 g/mol. The summed E-state index contributed by atoms with van der Waals surface area (Å²) in [5, 5.41) is 0. The molecule has 1 saturated heterocycles. The molecule has 1 heterocycles. The Morgan fingerprint density at radius 2 is 2.06 bits per heavy atom. The summed E-state index contributed by atoms with van der Waals surface area (Å²) in [6, 6.07) is 0. The standard InChI is InChI=1S/C14H25NO2/c1-11(2)6-5-7-13(17)15-10-12(16)8-9-14(15,3)4/h11H,5-10H2,1-4H3. The predicted octanol–water partition coefficient (Wildman–Crippen LogP) is 2.78. The van der Waals surface area contributed by atoms with E-state index in [1.807, 2.05) is 0 Å². The number of Topliss-reactive ketones (excluding diaryl/α,β-unsaturated/α-hetero) is 1. The fraction of sp³-hybridized carbons (Fsp3) is 0.857. The largest absolute Gasteiger partial charge is 0.330 e. The van der Waals surface area contributed by atoms with Crippen molar-refractivity contribution in [3.05, 3.63) is 0 Å². The Kier molecular flexibility index (Phi) is 4.72. The first-order valence-corrected chi connectivity index (χ1v) is 6.65. The van der Waals surface area contributed by atoms with Gasteiger partial charge in [0.2, 0.25) is 5.91 Å². The molecule has 1 fully saturated rings. The van der Waals surface area contributed by atoms with Gasteiger partial charge in [0.05, 0.1) is 6.54 Å². The summed E-state index contributed by atoms with van der Waals surface area (Å²) < 4.78 is 0. The lowest BCUT2D eigenvalue weighted by Gasteiger charge is -2.41. The second-order valence-corrected chi connectivity index (χ2v) is 6.12. The van der Waals surface area contributed by atoms with E-state index < -0.39 is 0 Å². The van der Waals surface area contributed by atoms with Gasteiger partial charge < -0.3 is 4.90 Å². The van der Waals surface area contributed by atoms with Gasteiger partial charge in [0.1, 0.15) is 0 Å². The Morgan fingerprint density at radius 3 is 2.65 bits per heavy atom. The average molecular weight is 239 g/mol. The van der Waals surface area contributed by atoms with Crippen molar-refractivity contribution in [2.45, 2.75) is 65.3 Å². The molecule has 0 aromatic heterocycles. The number of piperidine rings is 1. The molecule has 17 heavy (non-hydrogen) atoms. The van der Waals surface area contributed by atoms with Crippen molar-refractivity contribution < 1.29 is 9.59 Å². The van der Waals surface area contributed by atoms with E-state index in [1.54, 1.807) is 4.90 Å². The van der Waals surface area contributed by atoms with E-state index >= 15 is 0 Å². The molecule has 0 aliphatic carbocycles. The fourth-order valence-electron chi connectivity index (χ4n) is 2.27. The van der Waals surface area contributed by atoms with Crippen molar-refractivity contribution >= 4 is 11.7 Å². The van der Waals surface area contributed by atoms with Crippen LogP contribution in [0.25, 0.3) is 0 Å². The van der Waals surface area contributed by atoms with Gasteiger partial charge in [-0.1, -0.05) is 20.3 Å². The summed E-state index contributed by atoms with van der Waals surface area (Å²) in [6.45, 7) is 8.75. The molecule has 98 valence electrons. The Hall–Kier alpha value is -0.860. The molecule has 0 bridgehead atoms. The summed E-state index contributed by atoms with van der Waals surface area (Å²) in [6.07, 6.45) is 3.99. The maximum atomic E-state index is 12.1. The number of hydrogen-bond acceptors (Lipinski definition) is 2. The minimum atomic E-state index is -0.150. The highest BCUT2D eigenvalue weighted by Crippen LogP contribution is 2.26. The quantitative estimate of drug-likeness (QED) is 0.756. The zero-order chi connectivity index (χ0) is 13.1. The molecule has 0 unspecified atom stereocenters. The Balaban J connectivity index is 2.51. The Morgan fingerprint density at radius 1 is 1.41 bits per heavy atom. The minimum Gasteiger partial charge on any atom is -0.330 e. The van der Waals surface area contributed by atoms with E-state index in [9.17, 15) is 9.59 Å². The average Bonchev–Trinajstić information content (AvgIpc) is 2.21. The molecule has 3 heteroatoms. The molecule has 3 nitrogen and oxygen atoms in total. The lowest BCUT2D eigenvalue weighted by molar-refractivity contribution is -0.144. The van der Waals surface area contributed by atoms with Crippen LogP contribution in [0, 0.1) is 5.92 Å². The highest BCUT2D eigenvalue weighted by Gasteiger charge is 2.35. The predicted molar refractivity (Wildman–Crippen MR) is 68.7 cm³/mol. The summed E-state index contributed by atoms with van der Waals surface area (Å²) in [5.41, 5.74) is -0.150. The maximum absolute atomic E-state index is 12.1. The van der Waals surface area contributed by atoms with Crippen molar-refractivity contribution in [1.82, 2.24) is 4.90 Å². The highest BCUT2D eigenvalue weighted by atomic mass is 16.2. The number of hydrogen-bond donors (Lipinski definition) is 0. The molecule has 0 radical (unpaired) electrons. The summed E-state index contributed by atoms with van der Waals surface area (Å²) >= 11 is 0. The Bertz CT molecular complexity index is 295. The van der Waals surface area contributed by atoms with Crippen LogP contribution in [0.1, 0.15) is 59.8 Å². The summed E-state index contributed by atoms with van der Waals surface area (Å²) in [7, 11) is 0. The molecule has 0 atom stereocenters. The van der Waals surface area contributed by atoms with Gasteiger partial charge in [-0.3, -0.25) is 9.59 Å². The smallest absolute Gasteiger partial charge is 0.223 e. The first-order valence-electron chi connectivity index (χ1n) is 6.65. The first-order chi connectivity index (χ1) is 7.83. The third kappa shape index (κ3) is 4.14. The van der Waals surface area contributed by atoms with E-state index in [2.05, 4.69) is 27.7 Å². The molecule has 1 amide bonds. The number of ketones is 1. The third-order valence-electron chi connectivity index (χ3n) is 3.55. The molecular weight excluding hydrogens is 214 g/mol. The number of rotatable bonds is 4. The van der Waals surface area contributed by atoms with Gasteiger partial charge in [-0.05, 0) is 32.6 Å². The van der Waals surface area contributed by atoms with Gasteiger partial charge in [-0.25, -0.2) is 0 Å². The van der Waals surface area contributed by atoms with Crippen LogP contribution in [0.2, 0.25) is 0 Å². The van der Waals surface area contributed by atoms with Crippen LogP contribution in [0.3, 0.4) is 0 Å². The minimum absolute atomic E-state index is 0.142. The second kappa shape index (κ2) is 5.65. The van der Waals surface area contributed by atoms with E-state index in [0.29, 0.717) is 25.3 Å². The fourth-order valence-corrected chi connectivity index (χ4v) is 2.27. The molecule has 0 aromatic rings. The molecule has 1 aliphatic heterocycles. The zero-order valence-electron chi connectivity index (χ0n) is 11.6. The van der Waals surface area contributed by atoms with Crippen LogP contribution in [0.15, 0.2) is 0 Å². The van der Waals surface area contributed by atoms with Crippen molar-refractivity contribution in [3.63, 3.8) is 0 Å². The first kappa shape index (κ1) is 14.2. The van der Waals surface area contributed by atoms with Crippen molar-refractivity contribution in [2.75, 3.05) is 6.54 Å². The highest BCUT2D eigenvalue weighted by molar-refractivity contribution is 5.88. The zero-order valence-corrected chi connectivity index (χ0v) is 11.6. The van der Waals surface area contributed by atoms with Crippen LogP contribution in [-0.2, 0) is 9.59 Å². The Labute approximate surface area is 105 Å². The van der Waals surface area contributed by atoms with E-state index in [1.165, 1.54) is 0 Å². The van der Waals surface area contributed by atoms with Crippen molar-refractivity contribution in [1.29, 1.82) is 0 Å². The SMILES string of the molecule is CC(C)CCCC(=O)N1CC(=O)CCC1(C)C.